The SMILES string of the molecule is NC(Cn1cnc2ccccc21)=NOCC(=O)N1CCc2sccc2C1. The predicted molar refractivity (Wildman–Crippen MR) is 101 cm³/mol. The minimum atomic E-state index is -0.106. The number of benzene rings is 1. The molecule has 3 heterocycles. The van der Waals surface area contributed by atoms with Crippen molar-refractivity contribution in [1.29, 1.82) is 0 Å². The van der Waals surface area contributed by atoms with Crippen molar-refractivity contribution in [1.82, 2.24) is 14.5 Å². The molecule has 0 aliphatic carbocycles. The lowest BCUT2D eigenvalue weighted by molar-refractivity contribution is -0.137. The Bertz CT molecular complexity index is 961. The Morgan fingerprint density at radius 2 is 2.23 bits per heavy atom. The van der Waals surface area contributed by atoms with Gasteiger partial charge in [0.05, 0.1) is 23.9 Å². The fourth-order valence-electron chi connectivity index (χ4n) is 3.06. The lowest BCUT2D eigenvalue weighted by Crippen LogP contribution is -2.37. The Labute approximate surface area is 154 Å². The van der Waals surface area contributed by atoms with E-state index in [-0.39, 0.29) is 12.5 Å². The van der Waals surface area contributed by atoms with Gasteiger partial charge in [0, 0.05) is 18.0 Å². The van der Waals surface area contributed by atoms with Gasteiger partial charge in [0.25, 0.3) is 5.91 Å². The number of aromatic nitrogens is 2. The predicted octanol–water partition coefficient (Wildman–Crippen LogP) is 1.97. The van der Waals surface area contributed by atoms with E-state index >= 15 is 0 Å². The number of oxime groups is 1. The van der Waals surface area contributed by atoms with Crippen LogP contribution < -0.4 is 5.73 Å². The molecule has 0 fully saturated rings. The molecular formula is C18H19N5O2S. The van der Waals surface area contributed by atoms with Gasteiger partial charge >= 0.3 is 0 Å². The van der Waals surface area contributed by atoms with Crippen LogP contribution in [0.2, 0.25) is 0 Å². The van der Waals surface area contributed by atoms with Crippen molar-refractivity contribution < 1.29 is 9.63 Å². The summed E-state index contributed by atoms with van der Waals surface area (Å²) in [6, 6.07) is 9.86. The van der Waals surface area contributed by atoms with Gasteiger partial charge in [-0.2, -0.15) is 0 Å². The van der Waals surface area contributed by atoms with Crippen LogP contribution in [-0.2, 0) is 29.1 Å². The second kappa shape index (κ2) is 7.17. The van der Waals surface area contributed by atoms with Gasteiger partial charge in [-0.25, -0.2) is 4.98 Å². The van der Waals surface area contributed by atoms with Crippen molar-refractivity contribution in [2.75, 3.05) is 13.2 Å². The lowest BCUT2D eigenvalue weighted by atomic mass is 10.1. The number of fused-ring (bicyclic) bond motifs is 2. The van der Waals surface area contributed by atoms with Crippen LogP contribution in [0, 0.1) is 0 Å². The van der Waals surface area contributed by atoms with Gasteiger partial charge in [0.2, 0.25) is 0 Å². The van der Waals surface area contributed by atoms with Crippen molar-refractivity contribution in [3.05, 3.63) is 52.5 Å². The van der Waals surface area contributed by atoms with E-state index in [0.717, 1.165) is 24.0 Å². The van der Waals surface area contributed by atoms with Crippen molar-refractivity contribution in [2.45, 2.75) is 19.5 Å². The zero-order valence-corrected chi connectivity index (χ0v) is 15.0. The largest absolute Gasteiger partial charge is 0.384 e. The standard InChI is InChI=1S/C18H19N5O2S/c19-17(10-23-12-20-14-3-1-2-4-15(14)23)21-25-11-18(24)22-7-5-16-13(9-22)6-8-26-16/h1-4,6,8,12H,5,7,9-11H2,(H2,19,21). The molecular weight excluding hydrogens is 350 g/mol. The van der Waals surface area contributed by atoms with Gasteiger partial charge in [-0.15, -0.1) is 11.3 Å². The molecule has 4 rings (SSSR count). The Balaban J connectivity index is 1.31. The second-order valence-corrected chi connectivity index (χ2v) is 7.15. The molecule has 1 amide bonds. The third kappa shape index (κ3) is 3.41. The first-order chi connectivity index (χ1) is 12.7. The van der Waals surface area contributed by atoms with E-state index in [4.69, 9.17) is 10.6 Å². The Morgan fingerprint density at radius 3 is 3.15 bits per heavy atom. The van der Waals surface area contributed by atoms with Crippen LogP contribution in [-0.4, -0.2) is 39.3 Å². The van der Waals surface area contributed by atoms with E-state index in [1.54, 1.807) is 22.6 Å². The minimum absolute atomic E-state index is 0.0773. The Morgan fingerprint density at radius 1 is 1.35 bits per heavy atom. The van der Waals surface area contributed by atoms with Crippen molar-refractivity contribution in [3.8, 4) is 0 Å². The summed E-state index contributed by atoms with van der Waals surface area (Å²) in [5, 5.41) is 5.94. The molecule has 0 unspecified atom stereocenters. The van der Waals surface area contributed by atoms with Gasteiger partial charge in [0.15, 0.2) is 12.4 Å². The molecule has 1 aromatic carbocycles. The quantitative estimate of drug-likeness (QED) is 0.423. The highest BCUT2D eigenvalue weighted by Crippen LogP contribution is 2.23. The first-order valence-electron chi connectivity index (χ1n) is 8.38. The molecule has 1 aliphatic rings. The van der Waals surface area contributed by atoms with Crippen LogP contribution in [0.25, 0.3) is 11.0 Å². The van der Waals surface area contributed by atoms with Crippen LogP contribution in [0.1, 0.15) is 10.4 Å². The fraction of sp³-hybridized carbons (Fsp3) is 0.278. The monoisotopic (exact) mass is 369 g/mol. The zero-order valence-electron chi connectivity index (χ0n) is 14.2. The van der Waals surface area contributed by atoms with Crippen LogP contribution >= 0.6 is 11.3 Å². The molecule has 2 aromatic heterocycles. The number of thiophene rings is 1. The molecule has 3 aromatic rings. The van der Waals surface area contributed by atoms with Gasteiger partial charge < -0.3 is 20.0 Å². The van der Waals surface area contributed by atoms with E-state index in [2.05, 4.69) is 21.6 Å². The normalized spacial score (nSPS) is 14.5. The highest BCUT2D eigenvalue weighted by Gasteiger charge is 2.21. The number of nitrogens with zero attached hydrogens (tertiary/aromatic N) is 4. The molecule has 134 valence electrons. The van der Waals surface area contributed by atoms with Crippen LogP contribution in [0.3, 0.4) is 0 Å². The summed E-state index contributed by atoms with van der Waals surface area (Å²) in [6.45, 7) is 1.61. The van der Waals surface area contributed by atoms with Crippen molar-refractivity contribution in [2.24, 2.45) is 10.9 Å². The molecule has 26 heavy (non-hydrogen) atoms. The van der Waals surface area contributed by atoms with Crippen molar-refractivity contribution >= 4 is 34.1 Å². The van der Waals surface area contributed by atoms with Crippen LogP contribution in [0.5, 0.6) is 0 Å². The molecule has 2 N–H and O–H groups in total. The number of nitrogens with two attached hydrogens (primary N) is 1. The zero-order chi connectivity index (χ0) is 17.9. The molecule has 0 spiro atoms. The first kappa shape index (κ1) is 16.6. The van der Waals surface area contributed by atoms with Crippen molar-refractivity contribution in [3.63, 3.8) is 0 Å². The summed E-state index contributed by atoms with van der Waals surface area (Å²) in [5.74, 6) is 0.214. The van der Waals surface area contributed by atoms with E-state index < -0.39 is 0 Å². The van der Waals surface area contributed by atoms with Gasteiger partial charge in [0.1, 0.15) is 0 Å². The maximum atomic E-state index is 12.3. The Kier molecular flexibility index (Phi) is 4.57. The summed E-state index contributed by atoms with van der Waals surface area (Å²) < 4.78 is 1.89. The third-order valence-corrected chi connectivity index (χ3v) is 5.41. The number of para-hydroxylation sites is 2. The second-order valence-electron chi connectivity index (χ2n) is 6.15. The molecule has 7 nitrogen and oxygen atoms in total. The summed E-state index contributed by atoms with van der Waals surface area (Å²) in [5.41, 5.74) is 9.02. The highest BCUT2D eigenvalue weighted by molar-refractivity contribution is 7.10. The van der Waals surface area contributed by atoms with Crippen LogP contribution in [0.4, 0.5) is 0 Å². The first-order valence-corrected chi connectivity index (χ1v) is 9.26. The number of amides is 1. The minimum Gasteiger partial charge on any atom is -0.384 e. The summed E-state index contributed by atoms with van der Waals surface area (Å²) in [7, 11) is 0. The number of imidazole rings is 1. The molecule has 0 atom stereocenters. The topological polar surface area (TPSA) is 85.7 Å². The maximum absolute atomic E-state index is 12.3. The number of rotatable bonds is 5. The smallest absolute Gasteiger partial charge is 0.263 e. The number of carbonyl (C=O) groups excluding carboxylic acids is 1. The van der Waals surface area contributed by atoms with E-state index in [1.807, 2.05) is 28.8 Å². The average molecular weight is 369 g/mol. The molecule has 0 bridgehead atoms. The number of hydrogen-bond acceptors (Lipinski definition) is 5. The highest BCUT2D eigenvalue weighted by atomic mass is 32.1. The van der Waals surface area contributed by atoms with E-state index in [1.165, 1.54) is 10.4 Å². The summed E-state index contributed by atoms with van der Waals surface area (Å²) in [6.07, 6.45) is 2.61. The van der Waals surface area contributed by atoms with Gasteiger partial charge in [-0.05, 0) is 35.6 Å². The molecule has 0 saturated heterocycles. The third-order valence-electron chi connectivity index (χ3n) is 4.39. The molecule has 0 radical (unpaired) electrons. The van der Waals surface area contributed by atoms with E-state index in [9.17, 15) is 4.79 Å². The fourth-order valence-corrected chi connectivity index (χ4v) is 3.95. The molecule has 8 heteroatoms. The summed E-state index contributed by atoms with van der Waals surface area (Å²) >= 11 is 1.75. The Hall–Kier alpha value is -2.87. The lowest BCUT2D eigenvalue weighted by Gasteiger charge is -2.26. The number of hydrogen-bond donors (Lipinski definition) is 1. The van der Waals surface area contributed by atoms with Crippen LogP contribution in [0.15, 0.2) is 47.2 Å². The van der Waals surface area contributed by atoms with E-state index in [0.29, 0.717) is 18.9 Å². The van der Waals surface area contributed by atoms with Gasteiger partial charge in [-0.3, -0.25) is 4.79 Å². The average Bonchev–Trinajstić information content (AvgIpc) is 3.28. The summed E-state index contributed by atoms with van der Waals surface area (Å²) in [4.78, 5) is 24.9. The number of amidine groups is 1. The molecule has 0 saturated carbocycles. The maximum Gasteiger partial charge on any atom is 0.263 e. The molecule has 1 aliphatic heterocycles. The van der Waals surface area contributed by atoms with Gasteiger partial charge in [-0.1, -0.05) is 17.3 Å². The number of carbonyl (C=O) groups is 1.